The standard InChI is InChI=1S/C12H8N2/c1-2-4-8-7(3-1)11-9-5-6-10(13-9)12(11)14-8/h1-6,10,14H. The molecule has 2 aliphatic heterocycles. The molecular formula is C12H8N2. The second kappa shape index (κ2) is 1.98. The third-order valence-corrected chi connectivity index (χ3v) is 3.00. The fourth-order valence-corrected chi connectivity index (χ4v) is 2.39. The van der Waals surface area contributed by atoms with E-state index in [1.54, 1.807) is 0 Å². The van der Waals surface area contributed by atoms with Crippen LogP contribution in [0.3, 0.4) is 0 Å². The van der Waals surface area contributed by atoms with Crippen molar-refractivity contribution in [2.24, 2.45) is 4.99 Å². The summed E-state index contributed by atoms with van der Waals surface area (Å²) >= 11 is 0. The van der Waals surface area contributed by atoms with Gasteiger partial charge in [0, 0.05) is 16.5 Å². The molecule has 1 aromatic carbocycles. The van der Waals surface area contributed by atoms with E-state index >= 15 is 0 Å². The lowest BCUT2D eigenvalue weighted by atomic mass is 10.0. The molecule has 0 fully saturated rings. The van der Waals surface area contributed by atoms with E-state index in [-0.39, 0.29) is 6.04 Å². The maximum atomic E-state index is 4.55. The second-order valence-electron chi connectivity index (χ2n) is 3.78. The van der Waals surface area contributed by atoms with Crippen molar-refractivity contribution < 1.29 is 0 Å². The lowest BCUT2D eigenvalue weighted by Gasteiger charge is -2.00. The monoisotopic (exact) mass is 180 g/mol. The SMILES string of the molecule is C1=CC2N=C1c1c2[nH]c2ccccc12. The van der Waals surface area contributed by atoms with E-state index in [0.717, 1.165) is 5.71 Å². The maximum absolute atomic E-state index is 4.55. The number of hydrogen-bond acceptors (Lipinski definition) is 1. The zero-order valence-electron chi connectivity index (χ0n) is 7.49. The number of nitrogens with one attached hydrogen (secondary N) is 1. The topological polar surface area (TPSA) is 28.1 Å². The minimum atomic E-state index is 0.257. The fourth-order valence-electron chi connectivity index (χ4n) is 2.39. The summed E-state index contributed by atoms with van der Waals surface area (Å²) in [4.78, 5) is 7.99. The minimum Gasteiger partial charge on any atom is -0.356 e. The van der Waals surface area contributed by atoms with Crippen LogP contribution >= 0.6 is 0 Å². The van der Waals surface area contributed by atoms with Gasteiger partial charge in [-0.25, -0.2) is 0 Å². The Bertz CT molecular complexity index is 602. The van der Waals surface area contributed by atoms with E-state index in [1.165, 1.54) is 22.2 Å². The first-order valence-electron chi connectivity index (χ1n) is 4.80. The molecule has 0 amide bonds. The van der Waals surface area contributed by atoms with E-state index in [9.17, 15) is 0 Å². The van der Waals surface area contributed by atoms with Gasteiger partial charge in [0.25, 0.3) is 0 Å². The van der Waals surface area contributed by atoms with Crippen LogP contribution in [0, 0.1) is 0 Å². The quantitative estimate of drug-likeness (QED) is 0.645. The number of aliphatic imine (C=N–C) groups is 1. The van der Waals surface area contributed by atoms with Gasteiger partial charge in [-0.2, -0.15) is 0 Å². The highest BCUT2D eigenvalue weighted by molar-refractivity contribution is 6.20. The zero-order valence-corrected chi connectivity index (χ0v) is 7.49. The Labute approximate surface area is 81.0 Å². The number of benzene rings is 1. The highest BCUT2D eigenvalue weighted by atomic mass is 14.9. The molecule has 4 rings (SSSR count). The van der Waals surface area contributed by atoms with E-state index < -0.39 is 0 Å². The molecule has 1 unspecified atom stereocenters. The smallest absolute Gasteiger partial charge is 0.110 e. The Morgan fingerprint density at radius 1 is 1.21 bits per heavy atom. The Morgan fingerprint density at radius 3 is 3.14 bits per heavy atom. The van der Waals surface area contributed by atoms with Crippen LogP contribution in [0.15, 0.2) is 41.4 Å². The molecule has 0 saturated carbocycles. The van der Waals surface area contributed by atoms with E-state index in [0.29, 0.717) is 0 Å². The molecule has 2 aromatic rings. The third-order valence-electron chi connectivity index (χ3n) is 3.00. The lowest BCUT2D eigenvalue weighted by molar-refractivity contribution is 0.915. The van der Waals surface area contributed by atoms with Crippen LogP contribution in [0.5, 0.6) is 0 Å². The Balaban J connectivity index is 2.21. The molecule has 2 aliphatic rings. The fraction of sp³-hybridized carbons (Fsp3) is 0.0833. The van der Waals surface area contributed by atoms with Gasteiger partial charge in [0.1, 0.15) is 6.04 Å². The number of allylic oxidation sites excluding steroid dienone is 1. The number of aromatic amines is 1. The van der Waals surface area contributed by atoms with Crippen molar-refractivity contribution in [3.8, 4) is 0 Å². The first kappa shape index (κ1) is 6.60. The molecular weight excluding hydrogens is 172 g/mol. The van der Waals surface area contributed by atoms with Gasteiger partial charge < -0.3 is 4.98 Å². The maximum Gasteiger partial charge on any atom is 0.110 e. The largest absolute Gasteiger partial charge is 0.356 e. The van der Waals surface area contributed by atoms with Gasteiger partial charge in [0.15, 0.2) is 0 Å². The van der Waals surface area contributed by atoms with Crippen LogP contribution in [0.2, 0.25) is 0 Å². The van der Waals surface area contributed by atoms with E-state index in [4.69, 9.17) is 0 Å². The lowest BCUT2D eigenvalue weighted by Crippen LogP contribution is -1.95. The Kier molecular flexibility index (Phi) is 0.932. The molecule has 0 aliphatic carbocycles. The van der Waals surface area contributed by atoms with Crippen molar-refractivity contribution in [1.29, 1.82) is 0 Å². The zero-order chi connectivity index (χ0) is 9.12. The van der Waals surface area contributed by atoms with Crippen LogP contribution in [-0.2, 0) is 0 Å². The predicted molar refractivity (Wildman–Crippen MR) is 56.7 cm³/mol. The normalized spacial score (nSPS) is 21.7. The van der Waals surface area contributed by atoms with Gasteiger partial charge in [-0.15, -0.1) is 0 Å². The van der Waals surface area contributed by atoms with Gasteiger partial charge in [0.05, 0.1) is 11.4 Å². The highest BCUT2D eigenvalue weighted by Crippen LogP contribution is 2.39. The van der Waals surface area contributed by atoms with Crippen LogP contribution in [-0.4, -0.2) is 10.7 Å². The summed E-state index contributed by atoms with van der Waals surface area (Å²) in [6.07, 6.45) is 4.26. The molecule has 0 spiro atoms. The van der Waals surface area contributed by atoms with Crippen molar-refractivity contribution in [2.45, 2.75) is 6.04 Å². The van der Waals surface area contributed by atoms with Crippen LogP contribution in [0.25, 0.3) is 10.9 Å². The summed E-state index contributed by atoms with van der Waals surface area (Å²) in [5, 5.41) is 1.30. The third kappa shape index (κ3) is 0.587. The number of fused-ring (bicyclic) bond motifs is 6. The van der Waals surface area contributed by atoms with Crippen LogP contribution in [0.1, 0.15) is 17.3 Å². The molecule has 0 radical (unpaired) electrons. The first-order valence-corrected chi connectivity index (χ1v) is 4.80. The number of aromatic nitrogens is 1. The molecule has 1 atom stereocenters. The van der Waals surface area contributed by atoms with Crippen LogP contribution < -0.4 is 0 Å². The van der Waals surface area contributed by atoms with E-state index in [1.807, 2.05) is 0 Å². The summed E-state index contributed by atoms with van der Waals surface area (Å²) in [5.41, 5.74) is 4.94. The average molecular weight is 180 g/mol. The molecule has 1 N–H and O–H groups in total. The molecule has 0 saturated heterocycles. The van der Waals surface area contributed by atoms with Crippen molar-refractivity contribution in [1.82, 2.24) is 4.98 Å². The van der Waals surface area contributed by atoms with E-state index in [2.05, 4.69) is 46.4 Å². The first-order chi connectivity index (χ1) is 6.93. The summed E-state index contributed by atoms with van der Waals surface area (Å²) in [6.45, 7) is 0. The molecule has 66 valence electrons. The van der Waals surface area contributed by atoms with Gasteiger partial charge in [-0.05, 0) is 12.1 Å². The molecule has 2 bridgehead atoms. The number of para-hydroxylation sites is 1. The van der Waals surface area contributed by atoms with Crippen molar-refractivity contribution in [2.75, 3.05) is 0 Å². The number of nitrogens with zero attached hydrogens (tertiary/aromatic N) is 1. The molecule has 3 heterocycles. The predicted octanol–water partition coefficient (Wildman–Crippen LogP) is 2.58. The van der Waals surface area contributed by atoms with Crippen molar-refractivity contribution in [3.05, 3.63) is 47.7 Å². The Morgan fingerprint density at radius 2 is 2.14 bits per heavy atom. The number of rotatable bonds is 0. The summed E-state index contributed by atoms with van der Waals surface area (Å²) < 4.78 is 0. The summed E-state index contributed by atoms with van der Waals surface area (Å²) in [7, 11) is 0. The van der Waals surface area contributed by atoms with Gasteiger partial charge in [-0.1, -0.05) is 24.3 Å². The number of H-pyrrole nitrogens is 1. The second-order valence-corrected chi connectivity index (χ2v) is 3.78. The van der Waals surface area contributed by atoms with Gasteiger partial charge in [0.2, 0.25) is 0 Å². The summed E-state index contributed by atoms with van der Waals surface area (Å²) in [6, 6.07) is 8.67. The highest BCUT2D eigenvalue weighted by Gasteiger charge is 2.30. The Hall–Kier alpha value is -1.83. The summed E-state index contributed by atoms with van der Waals surface area (Å²) in [5.74, 6) is 0. The van der Waals surface area contributed by atoms with Crippen LogP contribution in [0.4, 0.5) is 0 Å². The van der Waals surface area contributed by atoms with Gasteiger partial charge >= 0.3 is 0 Å². The average Bonchev–Trinajstić information content (AvgIpc) is 2.88. The van der Waals surface area contributed by atoms with Gasteiger partial charge in [-0.3, -0.25) is 4.99 Å². The molecule has 14 heavy (non-hydrogen) atoms. The molecule has 2 nitrogen and oxygen atoms in total. The van der Waals surface area contributed by atoms with Crippen molar-refractivity contribution >= 4 is 16.6 Å². The van der Waals surface area contributed by atoms with Crippen molar-refractivity contribution in [3.63, 3.8) is 0 Å². The molecule has 2 heteroatoms. The number of hydrogen-bond donors (Lipinski definition) is 1. The minimum absolute atomic E-state index is 0.257. The molecule has 1 aromatic heterocycles.